The lowest BCUT2D eigenvalue weighted by atomic mass is 10.2. The average molecular weight is 366 g/mol. The number of rotatable bonds is 4. The highest BCUT2D eigenvalue weighted by atomic mass is 32.1. The van der Waals surface area contributed by atoms with Crippen LogP contribution in [0.4, 0.5) is 5.69 Å². The highest BCUT2D eigenvalue weighted by Crippen LogP contribution is 2.29. The smallest absolute Gasteiger partial charge is 0.267 e. The number of nitrogens with zero attached hydrogens (tertiary/aromatic N) is 3. The van der Waals surface area contributed by atoms with Crippen molar-refractivity contribution in [3.8, 4) is 15.6 Å². The van der Waals surface area contributed by atoms with Gasteiger partial charge in [0.25, 0.3) is 5.91 Å². The van der Waals surface area contributed by atoms with Crippen LogP contribution in [0.15, 0.2) is 60.2 Å². The van der Waals surface area contributed by atoms with Crippen LogP contribution in [-0.2, 0) is 0 Å². The molecule has 0 aliphatic rings. The molecule has 124 valence electrons. The second kappa shape index (κ2) is 6.62. The molecule has 4 aromatic rings. The summed E-state index contributed by atoms with van der Waals surface area (Å²) in [6.07, 6.45) is 3.38. The zero-order valence-electron chi connectivity index (χ0n) is 13.3. The fourth-order valence-corrected chi connectivity index (χ4v) is 4.06. The van der Waals surface area contributed by atoms with Gasteiger partial charge in [-0.2, -0.15) is 5.10 Å². The van der Waals surface area contributed by atoms with Crippen LogP contribution in [0, 0.1) is 6.92 Å². The van der Waals surface area contributed by atoms with E-state index in [4.69, 9.17) is 0 Å². The Morgan fingerprint density at radius 2 is 2.12 bits per heavy atom. The molecular formula is C18H14N4OS2. The lowest BCUT2D eigenvalue weighted by Gasteiger charge is -2.08. The molecule has 0 aliphatic heterocycles. The lowest BCUT2D eigenvalue weighted by molar-refractivity contribution is 0.103. The van der Waals surface area contributed by atoms with Gasteiger partial charge in [-0.15, -0.1) is 22.7 Å². The molecule has 0 spiro atoms. The number of aromatic nitrogens is 3. The molecule has 0 atom stereocenters. The first-order chi connectivity index (χ1) is 12.2. The molecule has 4 rings (SSSR count). The number of thiophene rings is 1. The summed E-state index contributed by atoms with van der Waals surface area (Å²) in [5.41, 5.74) is 2.67. The van der Waals surface area contributed by atoms with Gasteiger partial charge >= 0.3 is 0 Å². The zero-order valence-corrected chi connectivity index (χ0v) is 15.0. The average Bonchev–Trinajstić information content (AvgIpc) is 3.36. The summed E-state index contributed by atoms with van der Waals surface area (Å²) in [5.74, 6) is -0.158. The minimum absolute atomic E-state index is 0.158. The number of carbonyl (C=O) groups excluding carboxylic acids is 1. The van der Waals surface area contributed by atoms with Crippen LogP contribution >= 0.6 is 22.7 Å². The quantitative estimate of drug-likeness (QED) is 0.573. The molecule has 0 bridgehead atoms. The van der Waals surface area contributed by atoms with E-state index >= 15 is 0 Å². The van der Waals surface area contributed by atoms with E-state index < -0.39 is 0 Å². The fraction of sp³-hybridized carbons (Fsp3) is 0.0556. The molecule has 0 radical (unpaired) electrons. The zero-order chi connectivity index (χ0) is 17.2. The second-order valence-electron chi connectivity index (χ2n) is 5.40. The summed E-state index contributed by atoms with van der Waals surface area (Å²) in [6, 6.07) is 13.5. The van der Waals surface area contributed by atoms with Crippen LogP contribution in [0.2, 0.25) is 0 Å². The van der Waals surface area contributed by atoms with E-state index in [2.05, 4.69) is 15.4 Å². The van der Waals surface area contributed by atoms with Gasteiger partial charge in [-0.1, -0.05) is 12.1 Å². The minimum Gasteiger partial charge on any atom is -0.321 e. The van der Waals surface area contributed by atoms with Crippen LogP contribution in [0.5, 0.6) is 0 Å². The van der Waals surface area contributed by atoms with E-state index in [1.54, 1.807) is 23.7 Å². The van der Waals surface area contributed by atoms with Gasteiger partial charge in [-0.05, 0) is 42.6 Å². The second-order valence-corrected chi connectivity index (χ2v) is 7.37. The number of anilines is 1. The minimum atomic E-state index is -0.158. The number of hydrogen-bond acceptors (Lipinski definition) is 5. The van der Waals surface area contributed by atoms with Crippen LogP contribution in [0.3, 0.4) is 0 Å². The summed E-state index contributed by atoms with van der Waals surface area (Å²) in [7, 11) is 0. The topological polar surface area (TPSA) is 59.8 Å². The molecule has 25 heavy (non-hydrogen) atoms. The molecule has 0 fully saturated rings. The summed E-state index contributed by atoms with van der Waals surface area (Å²) < 4.78 is 1.83. The van der Waals surface area contributed by atoms with Crippen molar-refractivity contribution in [3.05, 3.63) is 70.8 Å². The third-order valence-corrected chi connectivity index (χ3v) is 5.68. The van der Waals surface area contributed by atoms with Crippen LogP contribution in [0.25, 0.3) is 15.6 Å². The van der Waals surface area contributed by atoms with Crippen molar-refractivity contribution < 1.29 is 4.79 Å². The maximum atomic E-state index is 12.5. The molecule has 1 N–H and O–H groups in total. The number of amides is 1. The number of aryl methyl sites for hydroxylation is 1. The van der Waals surface area contributed by atoms with Gasteiger partial charge in [-0.3, -0.25) is 4.79 Å². The van der Waals surface area contributed by atoms with Crippen molar-refractivity contribution in [2.75, 3.05) is 5.32 Å². The highest BCUT2D eigenvalue weighted by molar-refractivity contribution is 7.22. The number of carbonyl (C=O) groups is 1. The van der Waals surface area contributed by atoms with Crippen LogP contribution in [0.1, 0.15) is 15.4 Å². The maximum Gasteiger partial charge on any atom is 0.267 e. The van der Waals surface area contributed by atoms with E-state index in [0.717, 1.165) is 27.0 Å². The predicted molar refractivity (Wildman–Crippen MR) is 102 cm³/mol. The van der Waals surface area contributed by atoms with Gasteiger partial charge in [0, 0.05) is 17.6 Å². The Balaban J connectivity index is 1.54. The number of hydrogen-bond donors (Lipinski definition) is 1. The number of nitrogens with one attached hydrogen (secondary N) is 1. The third-order valence-electron chi connectivity index (χ3n) is 3.64. The Morgan fingerprint density at radius 1 is 1.20 bits per heavy atom. The Bertz CT molecular complexity index is 1020. The van der Waals surface area contributed by atoms with E-state index in [9.17, 15) is 4.79 Å². The molecule has 7 heteroatoms. The molecule has 0 aliphatic carbocycles. The SMILES string of the molecule is Cc1ccnn1-c1cccc(NC(=O)c2cnc(-c3cccs3)s2)c1. The molecule has 0 saturated carbocycles. The molecule has 1 amide bonds. The first kappa shape index (κ1) is 15.7. The monoisotopic (exact) mass is 366 g/mol. The van der Waals surface area contributed by atoms with Gasteiger partial charge in [0.05, 0.1) is 16.8 Å². The van der Waals surface area contributed by atoms with E-state index in [1.807, 2.05) is 59.5 Å². The van der Waals surface area contributed by atoms with Crippen molar-refractivity contribution in [1.82, 2.24) is 14.8 Å². The van der Waals surface area contributed by atoms with Gasteiger partial charge in [0.1, 0.15) is 9.88 Å². The van der Waals surface area contributed by atoms with Gasteiger partial charge in [0.15, 0.2) is 0 Å². The van der Waals surface area contributed by atoms with Crippen molar-refractivity contribution in [2.24, 2.45) is 0 Å². The largest absolute Gasteiger partial charge is 0.321 e. The van der Waals surface area contributed by atoms with Crippen LogP contribution in [-0.4, -0.2) is 20.7 Å². The summed E-state index contributed by atoms with van der Waals surface area (Å²) >= 11 is 3.01. The molecule has 3 heterocycles. The van der Waals surface area contributed by atoms with E-state index in [0.29, 0.717) is 4.88 Å². The van der Waals surface area contributed by atoms with Crippen molar-refractivity contribution in [3.63, 3.8) is 0 Å². The lowest BCUT2D eigenvalue weighted by Crippen LogP contribution is -2.10. The van der Waals surface area contributed by atoms with Crippen molar-refractivity contribution >= 4 is 34.3 Å². The van der Waals surface area contributed by atoms with E-state index in [1.165, 1.54) is 11.3 Å². The Kier molecular flexibility index (Phi) is 4.17. The summed E-state index contributed by atoms with van der Waals surface area (Å²) in [4.78, 5) is 18.5. The van der Waals surface area contributed by atoms with Crippen molar-refractivity contribution in [2.45, 2.75) is 6.92 Å². The van der Waals surface area contributed by atoms with Crippen molar-refractivity contribution in [1.29, 1.82) is 0 Å². The Morgan fingerprint density at radius 3 is 2.88 bits per heavy atom. The Labute approximate surface area is 152 Å². The first-order valence-electron chi connectivity index (χ1n) is 7.63. The number of thiazole rings is 1. The maximum absolute atomic E-state index is 12.5. The molecule has 5 nitrogen and oxygen atoms in total. The molecule has 0 unspecified atom stereocenters. The normalized spacial score (nSPS) is 10.8. The van der Waals surface area contributed by atoms with Gasteiger partial charge in [0.2, 0.25) is 0 Å². The standard InChI is InChI=1S/C18H14N4OS2/c1-12-7-8-20-22(12)14-5-2-4-13(10-14)21-17(23)16-11-19-18(25-16)15-6-3-9-24-15/h2-11H,1H3,(H,21,23). The summed E-state index contributed by atoms with van der Waals surface area (Å²) in [5, 5.41) is 10.1. The van der Waals surface area contributed by atoms with E-state index in [-0.39, 0.29) is 5.91 Å². The van der Waals surface area contributed by atoms with Crippen LogP contribution < -0.4 is 5.32 Å². The van der Waals surface area contributed by atoms with Gasteiger partial charge in [-0.25, -0.2) is 9.67 Å². The molecule has 0 saturated heterocycles. The highest BCUT2D eigenvalue weighted by Gasteiger charge is 2.13. The number of benzene rings is 1. The molecule has 1 aromatic carbocycles. The van der Waals surface area contributed by atoms with Gasteiger partial charge < -0.3 is 5.32 Å². The summed E-state index contributed by atoms with van der Waals surface area (Å²) in [6.45, 7) is 1.99. The predicted octanol–water partition coefficient (Wildman–Crippen LogP) is 4.62. The fourth-order valence-electron chi connectivity index (χ4n) is 2.44. The molecule has 3 aromatic heterocycles. The first-order valence-corrected chi connectivity index (χ1v) is 9.32. The molecular weight excluding hydrogens is 352 g/mol. The third kappa shape index (κ3) is 3.24. The Hall–Kier alpha value is -2.77.